The molecule has 4 nitrogen and oxygen atoms in total. The molecule has 0 aromatic carbocycles. The van der Waals surface area contributed by atoms with Crippen LogP contribution >= 0.6 is 11.6 Å². The van der Waals surface area contributed by atoms with E-state index in [1.165, 1.54) is 0 Å². The van der Waals surface area contributed by atoms with Crippen LogP contribution < -0.4 is 0 Å². The Bertz CT molecular complexity index is 709. The third kappa shape index (κ3) is 2.77. The second kappa shape index (κ2) is 4.80. The molecule has 2 aromatic heterocycles. The summed E-state index contributed by atoms with van der Waals surface area (Å²) in [4.78, 5) is 4.49. The molecule has 6 heteroatoms. The quantitative estimate of drug-likeness (QED) is 0.855. The van der Waals surface area contributed by atoms with Crippen molar-refractivity contribution in [3.63, 3.8) is 0 Å². The first-order valence-corrected chi connectivity index (χ1v) is 8.56. The average Bonchev–Trinajstić information content (AvgIpc) is 2.71. The molecule has 0 aliphatic carbocycles. The van der Waals surface area contributed by atoms with Crippen molar-refractivity contribution in [2.75, 3.05) is 11.5 Å². The van der Waals surface area contributed by atoms with Crippen molar-refractivity contribution >= 4 is 27.1 Å². The number of fused-ring (bicyclic) bond motifs is 1. The van der Waals surface area contributed by atoms with Crippen molar-refractivity contribution in [3.05, 3.63) is 35.2 Å². The topological polar surface area (TPSA) is 51.4 Å². The Morgan fingerprint density at radius 1 is 1.47 bits per heavy atom. The fourth-order valence-electron chi connectivity index (χ4n) is 2.70. The van der Waals surface area contributed by atoms with Crippen LogP contribution in [-0.2, 0) is 16.3 Å². The summed E-state index contributed by atoms with van der Waals surface area (Å²) >= 11 is 6.08. The van der Waals surface area contributed by atoms with E-state index in [1.54, 1.807) is 6.07 Å². The molecule has 3 heterocycles. The van der Waals surface area contributed by atoms with Crippen LogP contribution in [0.4, 0.5) is 0 Å². The molecule has 0 amide bonds. The second-order valence-electron chi connectivity index (χ2n) is 5.15. The van der Waals surface area contributed by atoms with E-state index in [1.807, 2.05) is 22.9 Å². The molecule has 2 aromatic rings. The SMILES string of the molecule is O=S1(=O)CCCC(Cc2cn3cccc(Cl)c3n2)C1. The maximum Gasteiger partial charge on any atom is 0.155 e. The van der Waals surface area contributed by atoms with Crippen LogP contribution in [0.25, 0.3) is 5.65 Å². The fraction of sp³-hybridized carbons (Fsp3) is 0.462. The highest BCUT2D eigenvalue weighted by Crippen LogP contribution is 2.23. The van der Waals surface area contributed by atoms with E-state index in [0.717, 1.165) is 24.2 Å². The van der Waals surface area contributed by atoms with Gasteiger partial charge in [0, 0.05) is 12.4 Å². The lowest BCUT2D eigenvalue weighted by atomic mass is 10.00. The van der Waals surface area contributed by atoms with Crippen molar-refractivity contribution in [2.24, 2.45) is 5.92 Å². The van der Waals surface area contributed by atoms with E-state index in [-0.39, 0.29) is 11.7 Å². The minimum Gasteiger partial charge on any atom is -0.306 e. The lowest BCUT2D eigenvalue weighted by molar-refractivity contribution is 0.480. The lowest BCUT2D eigenvalue weighted by Gasteiger charge is -2.20. The van der Waals surface area contributed by atoms with Gasteiger partial charge in [-0.3, -0.25) is 0 Å². The summed E-state index contributed by atoms with van der Waals surface area (Å²) in [5.74, 6) is 0.803. The van der Waals surface area contributed by atoms with Gasteiger partial charge >= 0.3 is 0 Å². The largest absolute Gasteiger partial charge is 0.306 e. The van der Waals surface area contributed by atoms with Gasteiger partial charge in [-0.15, -0.1) is 0 Å². The molecule has 1 aliphatic rings. The third-order valence-electron chi connectivity index (χ3n) is 3.54. The Labute approximate surface area is 117 Å². The molecule has 19 heavy (non-hydrogen) atoms. The molecule has 0 saturated carbocycles. The summed E-state index contributed by atoms with van der Waals surface area (Å²) in [6.07, 6.45) is 6.26. The molecule has 0 N–H and O–H groups in total. The zero-order chi connectivity index (χ0) is 13.5. The van der Waals surface area contributed by atoms with Crippen LogP contribution in [0.5, 0.6) is 0 Å². The average molecular weight is 299 g/mol. The Morgan fingerprint density at radius 3 is 3.05 bits per heavy atom. The minimum absolute atomic E-state index is 0.183. The minimum atomic E-state index is -2.85. The number of hydrogen-bond acceptors (Lipinski definition) is 3. The summed E-state index contributed by atoms with van der Waals surface area (Å²) in [6, 6.07) is 3.67. The van der Waals surface area contributed by atoms with Crippen molar-refractivity contribution in [2.45, 2.75) is 19.3 Å². The Morgan fingerprint density at radius 2 is 2.32 bits per heavy atom. The molecule has 0 radical (unpaired) electrons. The highest BCUT2D eigenvalue weighted by Gasteiger charge is 2.25. The number of aromatic nitrogens is 2. The fourth-order valence-corrected chi connectivity index (χ4v) is 4.69. The zero-order valence-corrected chi connectivity index (χ0v) is 12.0. The number of rotatable bonds is 2. The number of hydrogen-bond donors (Lipinski definition) is 0. The van der Waals surface area contributed by atoms with Gasteiger partial charge in [0.1, 0.15) is 0 Å². The van der Waals surface area contributed by atoms with Gasteiger partial charge in [0.2, 0.25) is 0 Å². The summed E-state index contributed by atoms with van der Waals surface area (Å²) in [5, 5.41) is 0.616. The van der Waals surface area contributed by atoms with Crippen molar-refractivity contribution in [1.82, 2.24) is 9.38 Å². The normalized spacial score (nSPS) is 22.7. The first-order chi connectivity index (χ1) is 9.03. The van der Waals surface area contributed by atoms with Gasteiger partial charge in [-0.25, -0.2) is 13.4 Å². The molecule has 0 bridgehead atoms. The smallest absolute Gasteiger partial charge is 0.155 e. The molecule has 1 aliphatic heterocycles. The van der Waals surface area contributed by atoms with Crippen LogP contribution in [-0.4, -0.2) is 29.3 Å². The predicted molar refractivity (Wildman–Crippen MR) is 75.3 cm³/mol. The summed E-state index contributed by atoms with van der Waals surface area (Å²) in [5.41, 5.74) is 1.65. The van der Waals surface area contributed by atoms with Crippen LogP contribution in [0.3, 0.4) is 0 Å². The van der Waals surface area contributed by atoms with E-state index >= 15 is 0 Å². The van der Waals surface area contributed by atoms with E-state index in [4.69, 9.17) is 11.6 Å². The van der Waals surface area contributed by atoms with Gasteiger partial charge in [-0.1, -0.05) is 11.6 Å². The molecule has 1 saturated heterocycles. The maximum absolute atomic E-state index is 11.6. The van der Waals surface area contributed by atoms with E-state index in [0.29, 0.717) is 17.2 Å². The standard InChI is InChI=1S/C13H15ClN2O2S/c14-12-4-1-5-16-8-11(15-13(12)16)7-10-3-2-6-19(17,18)9-10/h1,4-5,8,10H,2-3,6-7,9H2. The molecular weight excluding hydrogens is 284 g/mol. The molecular formula is C13H15ClN2O2S. The number of nitrogens with zero attached hydrogens (tertiary/aromatic N) is 2. The first-order valence-electron chi connectivity index (χ1n) is 6.36. The maximum atomic E-state index is 11.6. The highest BCUT2D eigenvalue weighted by atomic mass is 35.5. The van der Waals surface area contributed by atoms with E-state index in [9.17, 15) is 8.42 Å². The second-order valence-corrected chi connectivity index (χ2v) is 7.78. The highest BCUT2D eigenvalue weighted by molar-refractivity contribution is 7.91. The van der Waals surface area contributed by atoms with E-state index < -0.39 is 9.84 Å². The van der Waals surface area contributed by atoms with Gasteiger partial charge in [0.15, 0.2) is 15.5 Å². The van der Waals surface area contributed by atoms with E-state index in [2.05, 4.69) is 4.98 Å². The van der Waals surface area contributed by atoms with Gasteiger partial charge in [-0.2, -0.15) is 0 Å². The number of pyridine rings is 1. The summed E-state index contributed by atoms with van der Waals surface area (Å²) in [6.45, 7) is 0. The zero-order valence-electron chi connectivity index (χ0n) is 10.4. The molecule has 3 rings (SSSR count). The molecule has 1 fully saturated rings. The Kier molecular flexibility index (Phi) is 3.27. The number of imidazole rings is 1. The summed E-state index contributed by atoms with van der Waals surface area (Å²) in [7, 11) is -2.85. The Hall–Kier alpha value is -1.07. The van der Waals surface area contributed by atoms with Crippen molar-refractivity contribution in [3.8, 4) is 0 Å². The van der Waals surface area contributed by atoms with Gasteiger partial charge < -0.3 is 4.40 Å². The van der Waals surface area contributed by atoms with Crippen LogP contribution in [0.15, 0.2) is 24.5 Å². The van der Waals surface area contributed by atoms with Crippen LogP contribution in [0, 0.1) is 5.92 Å². The lowest BCUT2D eigenvalue weighted by Crippen LogP contribution is -2.26. The van der Waals surface area contributed by atoms with Crippen LogP contribution in [0.1, 0.15) is 18.5 Å². The summed E-state index contributed by atoms with van der Waals surface area (Å²) < 4.78 is 25.1. The van der Waals surface area contributed by atoms with Gasteiger partial charge in [0.25, 0.3) is 0 Å². The number of sulfone groups is 1. The molecule has 1 atom stereocenters. The van der Waals surface area contributed by atoms with Crippen molar-refractivity contribution < 1.29 is 8.42 Å². The van der Waals surface area contributed by atoms with Gasteiger partial charge in [0.05, 0.1) is 22.2 Å². The van der Waals surface area contributed by atoms with Crippen LogP contribution in [0.2, 0.25) is 5.02 Å². The molecule has 1 unspecified atom stereocenters. The molecule has 102 valence electrons. The first kappa shape index (κ1) is 12.9. The van der Waals surface area contributed by atoms with Gasteiger partial charge in [-0.05, 0) is 37.3 Å². The molecule has 0 spiro atoms. The van der Waals surface area contributed by atoms with Crippen molar-refractivity contribution in [1.29, 1.82) is 0 Å². The Balaban J connectivity index is 1.84. The predicted octanol–water partition coefficient (Wildman–Crippen LogP) is 2.36. The third-order valence-corrected chi connectivity index (χ3v) is 5.73. The monoisotopic (exact) mass is 298 g/mol. The number of halogens is 1.